The van der Waals surface area contributed by atoms with Gasteiger partial charge < -0.3 is 5.32 Å². The Kier molecular flexibility index (Phi) is 6.77. The first-order chi connectivity index (χ1) is 8.52. The first-order valence-corrected chi connectivity index (χ1v) is 7.12. The van der Waals surface area contributed by atoms with E-state index in [4.69, 9.17) is 23.2 Å². The maximum absolute atomic E-state index is 6.06. The van der Waals surface area contributed by atoms with Crippen LogP contribution in [0.15, 0.2) is 30.4 Å². The minimum atomic E-state index is 0.290. The minimum absolute atomic E-state index is 0.290. The predicted molar refractivity (Wildman–Crippen MR) is 81.5 cm³/mol. The van der Waals surface area contributed by atoms with Crippen molar-refractivity contribution in [1.82, 2.24) is 5.32 Å². The Bertz CT molecular complexity index is 381. The Morgan fingerprint density at radius 2 is 1.89 bits per heavy atom. The lowest BCUT2D eigenvalue weighted by molar-refractivity contribution is 0.499. The topological polar surface area (TPSA) is 12.0 Å². The van der Waals surface area contributed by atoms with E-state index in [0.29, 0.717) is 10.0 Å². The van der Waals surface area contributed by atoms with E-state index in [9.17, 15) is 0 Å². The van der Waals surface area contributed by atoms with Crippen LogP contribution in [0.3, 0.4) is 0 Å². The van der Waals surface area contributed by atoms with E-state index in [-0.39, 0.29) is 6.04 Å². The summed E-state index contributed by atoms with van der Waals surface area (Å²) >= 11 is 12.1. The third-order valence-electron chi connectivity index (χ3n) is 2.79. The largest absolute Gasteiger partial charge is 0.310 e. The van der Waals surface area contributed by atoms with E-state index < -0.39 is 0 Å². The Balaban J connectivity index is 2.82. The van der Waals surface area contributed by atoms with E-state index in [1.807, 2.05) is 12.1 Å². The summed E-state index contributed by atoms with van der Waals surface area (Å²) in [5.74, 6) is 0. The first-order valence-electron chi connectivity index (χ1n) is 6.36. The molecule has 1 nitrogen and oxygen atoms in total. The molecule has 0 aliphatic rings. The summed E-state index contributed by atoms with van der Waals surface area (Å²) in [5.41, 5.74) is 2.36. The Hall–Kier alpha value is -0.500. The average Bonchev–Trinajstić information content (AvgIpc) is 2.27. The molecule has 0 saturated carbocycles. The zero-order chi connectivity index (χ0) is 13.5. The van der Waals surface area contributed by atoms with Crippen molar-refractivity contribution in [2.75, 3.05) is 6.54 Å². The second-order valence-corrected chi connectivity index (χ2v) is 5.58. The molecule has 0 aliphatic heterocycles. The number of hydrogen-bond acceptors (Lipinski definition) is 1. The Labute approximate surface area is 120 Å². The van der Waals surface area contributed by atoms with Crippen molar-refractivity contribution in [2.24, 2.45) is 0 Å². The molecule has 1 aromatic rings. The van der Waals surface area contributed by atoms with Crippen LogP contribution in [0.2, 0.25) is 10.0 Å². The van der Waals surface area contributed by atoms with E-state index in [0.717, 1.165) is 31.4 Å². The van der Waals surface area contributed by atoms with Gasteiger partial charge in [0.15, 0.2) is 0 Å². The fourth-order valence-electron chi connectivity index (χ4n) is 1.87. The fraction of sp³-hybridized carbons (Fsp3) is 0.467. The van der Waals surface area contributed by atoms with Crippen molar-refractivity contribution in [1.29, 1.82) is 0 Å². The first kappa shape index (κ1) is 15.6. The van der Waals surface area contributed by atoms with Gasteiger partial charge in [0.05, 0.1) is 0 Å². The van der Waals surface area contributed by atoms with Crippen molar-refractivity contribution in [3.63, 3.8) is 0 Å². The lowest BCUT2D eigenvalue weighted by Gasteiger charge is -2.19. The molecule has 0 fully saturated rings. The quantitative estimate of drug-likeness (QED) is 0.662. The molecule has 0 heterocycles. The molecule has 100 valence electrons. The molecule has 1 rings (SSSR count). The third kappa shape index (κ3) is 5.43. The highest BCUT2D eigenvalue weighted by Gasteiger charge is 2.12. The third-order valence-corrected chi connectivity index (χ3v) is 3.22. The number of rotatable bonds is 7. The van der Waals surface area contributed by atoms with Gasteiger partial charge in [0, 0.05) is 16.1 Å². The zero-order valence-electron chi connectivity index (χ0n) is 11.1. The highest BCUT2D eigenvalue weighted by molar-refractivity contribution is 6.34. The maximum atomic E-state index is 6.06. The molecule has 1 unspecified atom stereocenters. The minimum Gasteiger partial charge on any atom is -0.310 e. The Morgan fingerprint density at radius 3 is 2.39 bits per heavy atom. The normalized spacial score (nSPS) is 12.4. The van der Waals surface area contributed by atoms with Gasteiger partial charge in [-0.25, -0.2) is 0 Å². The molecule has 0 bridgehead atoms. The van der Waals surface area contributed by atoms with Gasteiger partial charge in [-0.05, 0) is 56.5 Å². The highest BCUT2D eigenvalue weighted by Crippen LogP contribution is 2.27. The molecule has 1 N–H and O–H groups in total. The van der Waals surface area contributed by atoms with Crippen LogP contribution in [0.5, 0.6) is 0 Å². The van der Waals surface area contributed by atoms with E-state index in [1.165, 1.54) is 5.57 Å². The summed E-state index contributed by atoms with van der Waals surface area (Å²) in [4.78, 5) is 0. The predicted octanol–water partition coefficient (Wildman–Crippen LogP) is 5.39. The SMILES string of the molecule is C=C(C)CCC(NCCC)c1cc(Cl)cc(Cl)c1. The lowest BCUT2D eigenvalue weighted by atomic mass is 10.00. The van der Waals surface area contributed by atoms with Crippen molar-refractivity contribution >= 4 is 23.2 Å². The molecular formula is C15H21Cl2N. The van der Waals surface area contributed by atoms with Crippen LogP contribution < -0.4 is 5.32 Å². The molecule has 0 aromatic heterocycles. The van der Waals surface area contributed by atoms with Gasteiger partial charge in [-0.3, -0.25) is 0 Å². The fourth-order valence-corrected chi connectivity index (χ4v) is 2.42. The Morgan fingerprint density at radius 1 is 1.28 bits per heavy atom. The monoisotopic (exact) mass is 285 g/mol. The number of nitrogens with one attached hydrogen (secondary N) is 1. The van der Waals surface area contributed by atoms with Crippen LogP contribution in [0, 0.1) is 0 Å². The highest BCUT2D eigenvalue weighted by atomic mass is 35.5. The molecule has 0 amide bonds. The zero-order valence-corrected chi connectivity index (χ0v) is 12.6. The second kappa shape index (κ2) is 7.83. The number of allylic oxidation sites excluding steroid dienone is 1. The molecule has 1 atom stereocenters. The van der Waals surface area contributed by atoms with Gasteiger partial charge in [0.25, 0.3) is 0 Å². The molecule has 0 spiro atoms. The van der Waals surface area contributed by atoms with Crippen LogP contribution in [-0.2, 0) is 0 Å². The number of halogens is 2. The van der Waals surface area contributed by atoms with Gasteiger partial charge in [-0.2, -0.15) is 0 Å². The van der Waals surface area contributed by atoms with Gasteiger partial charge in [-0.15, -0.1) is 6.58 Å². The van der Waals surface area contributed by atoms with Gasteiger partial charge in [-0.1, -0.05) is 35.7 Å². The van der Waals surface area contributed by atoms with E-state index >= 15 is 0 Å². The average molecular weight is 286 g/mol. The van der Waals surface area contributed by atoms with Crippen molar-refractivity contribution < 1.29 is 0 Å². The van der Waals surface area contributed by atoms with Crippen LogP contribution in [0.4, 0.5) is 0 Å². The molecule has 0 radical (unpaired) electrons. The van der Waals surface area contributed by atoms with Crippen LogP contribution in [0.25, 0.3) is 0 Å². The summed E-state index contributed by atoms with van der Waals surface area (Å²) in [6.07, 6.45) is 3.13. The lowest BCUT2D eigenvalue weighted by Crippen LogP contribution is -2.22. The molecule has 0 aliphatic carbocycles. The van der Waals surface area contributed by atoms with E-state index in [1.54, 1.807) is 6.07 Å². The van der Waals surface area contributed by atoms with Crippen molar-refractivity contribution in [2.45, 2.75) is 39.2 Å². The summed E-state index contributed by atoms with van der Waals surface area (Å²) in [6.45, 7) is 9.17. The van der Waals surface area contributed by atoms with Gasteiger partial charge >= 0.3 is 0 Å². The van der Waals surface area contributed by atoms with Crippen LogP contribution in [-0.4, -0.2) is 6.54 Å². The van der Waals surface area contributed by atoms with Crippen molar-refractivity contribution in [3.05, 3.63) is 46.0 Å². The number of benzene rings is 1. The van der Waals surface area contributed by atoms with E-state index in [2.05, 4.69) is 25.7 Å². The molecule has 3 heteroatoms. The smallest absolute Gasteiger partial charge is 0.0424 e. The van der Waals surface area contributed by atoms with Crippen LogP contribution in [0.1, 0.15) is 44.7 Å². The summed E-state index contributed by atoms with van der Waals surface area (Å²) in [5, 5.41) is 4.92. The van der Waals surface area contributed by atoms with Gasteiger partial charge in [0.2, 0.25) is 0 Å². The standard InChI is InChI=1S/C15H21Cl2N/c1-4-7-18-15(6-5-11(2)3)12-8-13(16)10-14(17)9-12/h8-10,15,18H,2,4-7H2,1,3H3. The molecule has 1 aromatic carbocycles. The van der Waals surface area contributed by atoms with Crippen molar-refractivity contribution in [3.8, 4) is 0 Å². The second-order valence-electron chi connectivity index (χ2n) is 4.71. The molecule has 0 saturated heterocycles. The van der Waals surface area contributed by atoms with Crippen LogP contribution >= 0.6 is 23.2 Å². The molecule has 18 heavy (non-hydrogen) atoms. The maximum Gasteiger partial charge on any atom is 0.0424 e. The summed E-state index contributed by atoms with van der Waals surface area (Å²) < 4.78 is 0. The number of hydrogen-bond donors (Lipinski definition) is 1. The summed E-state index contributed by atoms with van der Waals surface area (Å²) in [7, 11) is 0. The van der Waals surface area contributed by atoms with Gasteiger partial charge in [0.1, 0.15) is 0 Å². The molecular weight excluding hydrogens is 265 g/mol. The summed E-state index contributed by atoms with van der Waals surface area (Å²) in [6, 6.07) is 6.03.